The smallest absolute Gasteiger partial charge is 0.326 e. The molecule has 0 heterocycles. The lowest BCUT2D eigenvalue weighted by Gasteiger charge is -2.28. The molecular weight excluding hydrogens is 636 g/mol. The number of unbranched alkanes of at least 4 members (excludes halogenated alkanes) is 1. The maximum absolute atomic E-state index is 13.5. The van der Waals surface area contributed by atoms with Crippen LogP contribution in [0, 0.1) is 11.8 Å². The lowest BCUT2D eigenvalue weighted by Crippen LogP contribution is -2.51. The van der Waals surface area contributed by atoms with Crippen LogP contribution < -0.4 is 32.3 Å². The molecule has 49 heavy (non-hydrogen) atoms. The van der Waals surface area contributed by atoms with Crippen LogP contribution in [0.3, 0.4) is 0 Å². The number of carbonyl (C=O) groups excluding carboxylic acids is 3. The zero-order chi connectivity index (χ0) is 35.9. The van der Waals surface area contributed by atoms with Crippen molar-refractivity contribution in [1.82, 2.24) is 21.3 Å². The number of benzene rings is 2. The Bertz CT molecular complexity index is 1480. The average molecular weight is 685 g/mol. The molecule has 0 bridgehead atoms. The molecule has 4 amide bonds. The molecule has 3 atom stereocenters. The third kappa shape index (κ3) is 12.2. The first-order valence-corrected chi connectivity index (χ1v) is 16.6. The fourth-order valence-corrected chi connectivity index (χ4v) is 6.04. The summed E-state index contributed by atoms with van der Waals surface area (Å²) in [5, 5.41) is 42.9. The normalized spacial score (nSPS) is 17.6. The molecule has 15 nitrogen and oxygen atoms in total. The van der Waals surface area contributed by atoms with E-state index in [4.69, 9.17) is 10.8 Å². The molecule has 1 aliphatic carbocycles. The molecule has 0 radical (unpaired) electrons. The summed E-state index contributed by atoms with van der Waals surface area (Å²) in [5.41, 5.74) is 7.57. The SMILES string of the molecule is CNc1cc(CC(NC(=O)C2CCC(CN)CC2)C(=O)NCCCCC(NC(=O)NC(CCC(=O)O)C(=O)O)C(=O)O)cc2ccccc12. The first kappa shape index (κ1) is 38.5. The van der Waals surface area contributed by atoms with Crippen LogP contribution in [0.1, 0.15) is 63.4 Å². The first-order valence-electron chi connectivity index (χ1n) is 16.6. The summed E-state index contributed by atoms with van der Waals surface area (Å²) >= 11 is 0. The summed E-state index contributed by atoms with van der Waals surface area (Å²) < 4.78 is 0. The van der Waals surface area contributed by atoms with Crippen LogP contribution in [-0.2, 0) is 30.4 Å². The van der Waals surface area contributed by atoms with E-state index in [1.54, 1.807) is 0 Å². The first-order chi connectivity index (χ1) is 23.4. The average Bonchev–Trinajstić information content (AvgIpc) is 3.08. The van der Waals surface area contributed by atoms with Crippen LogP contribution >= 0.6 is 0 Å². The molecule has 1 saturated carbocycles. The second-order valence-electron chi connectivity index (χ2n) is 12.5. The Balaban J connectivity index is 1.59. The van der Waals surface area contributed by atoms with Crippen molar-refractivity contribution in [3.8, 4) is 0 Å². The Morgan fingerprint density at radius 3 is 2.10 bits per heavy atom. The summed E-state index contributed by atoms with van der Waals surface area (Å²) in [4.78, 5) is 72.9. The van der Waals surface area contributed by atoms with Gasteiger partial charge >= 0.3 is 23.9 Å². The van der Waals surface area contributed by atoms with Gasteiger partial charge in [-0.3, -0.25) is 14.4 Å². The van der Waals surface area contributed by atoms with Crippen LogP contribution in [-0.4, -0.2) is 89.3 Å². The summed E-state index contributed by atoms with van der Waals surface area (Å²) in [7, 11) is 1.82. The molecule has 268 valence electrons. The van der Waals surface area contributed by atoms with Crippen molar-refractivity contribution in [3.05, 3.63) is 42.0 Å². The molecule has 10 N–H and O–H groups in total. The van der Waals surface area contributed by atoms with Crippen LogP contribution in [0.2, 0.25) is 0 Å². The van der Waals surface area contributed by atoms with Gasteiger partial charge in [0.25, 0.3) is 0 Å². The van der Waals surface area contributed by atoms with Gasteiger partial charge in [0.05, 0.1) is 0 Å². The third-order valence-electron chi connectivity index (χ3n) is 8.89. The predicted octanol–water partition coefficient (Wildman–Crippen LogP) is 2.03. The largest absolute Gasteiger partial charge is 0.481 e. The van der Waals surface area contributed by atoms with Gasteiger partial charge < -0.3 is 47.6 Å². The molecule has 2 aromatic rings. The fraction of sp³-hybridized carbons (Fsp3) is 0.529. The van der Waals surface area contributed by atoms with Crippen LogP contribution in [0.5, 0.6) is 0 Å². The summed E-state index contributed by atoms with van der Waals surface area (Å²) in [6.45, 7) is 0.770. The summed E-state index contributed by atoms with van der Waals surface area (Å²) in [6.07, 6.45) is 3.15. The van der Waals surface area contributed by atoms with Crippen LogP contribution in [0.25, 0.3) is 10.8 Å². The molecule has 15 heteroatoms. The van der Waals surface area contributed by atoms with E-state index in [-0.39, 0.29) is 50.0 Å². The van der Waals surface area contributed by atoms with Crippen molar-refractivity contribution in [3.63, 3.8) is 0 Å². The highest BCUT2D eigenvalue weighted by Crippen LogP contribution is 2.29. The molecule has 0 aromatic heterocycles. The lowest BCUT2D eigenvalue weighted by molar-refractivity contribution is -0.141. The number of carbonyl (C=O) groups is 6. The third-order valence-corrected chi connectivity index (χ3v) is 8.89. The molecule has 3 rings (SSSR count). The number of hydrogen-bond donors (Lipinski definition) is 9. The number of rotatable bonds is 19. The van der Waals surface area contributed by atoms with Gasteiger partial charge in [-0.1, -0.05) is 30.3 Å². The monoisotopic (exact) mass is 684 g/mol. The van der Waals surface area contributed by atoms with E-state index in [9.17, 15) is 39.0 Å². The molecule has 1 fully saturated rings. The van der Waals surface area contributed by atoms with Crippen molar-refractivity contribution < 1.29 is 44.1 Å². The van der Waals surface area contributed by atoms with E-state index in [1.165, 1.54) is 0 Å². The predicted molar refractivity (Wildman–Crippen MR) is 182 cm³/mol. The second kappa shape index (κ2) is 19.2. The Morgan fingerprint density at radius 2 is 1.49 bits per heavy atom. The standard InChI is InChI=1S/C34H48N6O9/c1-36-27-17-21(16-23-6-2-3-7-24(23)27)18-28(38-30(43)22-11-9-20(19-35)10-12-22)31(44)37-15-5-4-8-25(32(45)46)39-34(49)40-26(33(47)48)13-14-29(41)42/h2-3,6-7,16-17,20,22,25-26,28,36H,4-5,8-15,18-19,35H2,1H3,(H,37,44)(H,38,43)(H,41,42)(H,45,46)(H,47,48)(H2,39,40,49). The van der Waals surface area contributed by atoms with Gasteiger partial charge in [0, 0.05) is 43.4 Å². The number of fused-ring (bicyclic) bond motifs is 1. The van der Waals surface area contributed by atoms with E-state index in [1.807, 2.05) is 43.4 Å². The van der Waals surface area contributed by atoms with E-state index in [0.29, 0.717) is 31.7 Å². The quantitative estimate of drug-likeness (QED) is 0.0969. The minimum Gasteiger partial charge on any atom is -0.481 e. The van der Waals surface area contributed by atoms with E-state index >= 15 is 0 Å². The van der Waals surface area contributed by atoms with Gasteiger partial charge in [-0.2, -0.15) is 0 Å². The van der Waals surface area contributed by atoms with Gasteiger partial charge in [0.2, 0.25) is 11.8 Å². The lowest BCUT2D eigenvalue weighted by atomic mass is 9.81. The van der Waals surface area contributed by atoms with Crippen molar-refractivity contribution in [2.75, 3.05) is 25.5 Å². The molecule has 0 aliphatic heterocycles. The number of nitrogens with two attached hydrogens (primary N) is 1. The van der Waals surface area contributed by atoms with E-state index < -0.39 is 48.5 Å². The number of hydrogen-bond acceptors (Lipinski definition) is 8. The van der Waals surface area contributed by atoms with Crippen molar-refractivity contribution in [1.29, 1.82) is 0 Å². The highest BCUT2D eigenvalue weighted by Gasteiger charge is 2.30. The zero-order valence-electron chi connectivity index (χ0n) is 27.7. The van der Waals surface area contributed by atoms with Gasteiger partial charge in [0.1, 0.15) is 18.1 Å². The Kier molecular flexibility index (Phi) is 15.1. The Hall–Kier alpha value is -4.92. The summed E-state index contributed by atoms with van der Waals surface area (Å²) in [5.74, 6) is -4.38. The highest BCUT2D eigenvalue weighted by molar-refractivity contribution is 5.95. The van der Waals surface area contributed by atoms with Crippen molar-refractivity contribution in [2.45, 2.75) is 82.3 Å². The number of anilines is 1. The second-order valence-corrected chi connectivity index (χ2v) is 12.5. The number of aliphatic carboxylic acids is 3. The molecular formula is C34H48N6O9. The van der Waals surface area contributed by atoms with Gasteiger partial charge in [-0.05, 0) is 80.8 Å². The number of carboxylic acid groups (broad SMARTS) is 3. The number of urea groups is 1. The highest BCUT2D eigenvalue weighted by atomic mass is 16.4. The van der Waals surface area contributed by atoms with Crippen molar-refractivity contribution >= 4 is 52.2 Å². The number of nitrogens with one attached hydrogen (secondary N) is 5. The van der Waals surface area contributed by atoms with Gasteiger partial charge in [-0.15, -0.1) is 0 Å². The minimum atomic E-state index is -1.51. The summed E-state index contributed by atoms with van der Waals surface area (Å²) in [6, 6.07) is 7.06. The van der Waals surface area contributed by atoms with Crippen molar-refractivity contribution in [2.24, 2.45) is 17.6 Å². The number of carboxylic acids is 3. The van der Waals surface area contributed by atoms with Gasteiger partial charge in [0.15, 0.2) is 0 Å². The molecule has 0 spiro atoms. The number of amides is 4. The maximum atomic E-state index is 13.5. The fourth-order valence-electron chi connectivity index (χ4n) is 6.04. The molecule has 2 aromatic carbocycles. The zero-order valence-corrected chi connectivity index (χ0v) is 27.7. The maximum Gasteiger partial charge on any atom is 0.326 e. The Morgan fingerprint density at radius 1 is 0.837 bits per heavy atom. The molecule has 0 saturated heterocycles. The Labute approximate surface area is 284 Å². The topological polar surface area (TPSA) is 249 Å². The molecule has 1 aliphatic rings. The van der Waals surface area contributed by atoms with Crippen LogP contribution in [0.4, 0.5) is 10.5 Å². The molecule has 3 unspecified atom stereocenters. The van der Waals surface area contributed by atoms with E-state index in [0.717, 1.165) is 34.9 Å². The van der Waals surface area contributed by atoms with Crippen LogP contribution in [0.15, 0.2) is 36.4 Å². The van der Waals surface area contributed by atoms with E-state index in [2.05, 4.69) is 26.6 Å². The van der Waals surface area contributed by atoms with Gasteiger partial charge in [-0.25, -0.2) is 14.4 Å². The minimum absolute atomic E-state index is 0.0129.